The molecule has 0 atom stereocenters. The summed E-state index contributed by atoms with van der Waals surface area (Å²) >= 11 is 12.4. The minimum atomic E-state index is 0. The molecule has 0 saturated heterocycles. The van der Waals surface area contributed by atoms with Crippen molar-refractivity contribution < 1.29 is 20.4 Å². The van der Waals surface area contributed by atoms with Gasteiger partial charge in [-0.15, -0.1) is 0 Å². The molecule has 0 aliphatic carbocycles. The van der Waals surface area contributed by atoms with Crippen molar-refractivity contribution in [3.05, 3.63) is 0 Å². The van der Waals surface area contributed by atoms with Gasteiger partial charge in [0, 0.05) is 20.4 Å². The summed E-state index contributed by atoms with van der Waals surface area (Å²) in [7, 11) is 0. The molecule has 0 fully saturated rings. The van der Waals surface area contributed by atoms with E-state index in [1.807, 2.05) is 0 Å². The summed E-state index contributed by atoms with van der Waals surface area (Å²) in [4.78, 5) is 0. The second kappa shape index (κ2) is 90.3. The zero-order chi connectivity index (χ0) is 10.8. The summed E-state index contributed by atoms with van der Waals surface area (Å²) in [6.45, 7) is 0. The Labute approximate surface area is 113 Å². The standard InChI is InChI=1S/4CHNS.Pd/c4*2-1-3;/h4*3H;. The minimum Gasteiger partial charge on any atom is -0.185 e. The van der Waals surface area contributed by atoms with E-state index < -0.39 is 0 Å². The fourth-order valence-corrected chi connectivity index (χ4v) is 0. The Bertz CT molecular complexity index is 158. The maximum absolute atomic E-state index is 7.18. The van der Waals surface area contributed by atoms with Crippen LogP contribution in [0.25, 0.3) is 0 Å². The third-order valence-corrected chi connectivity index (χ3v) is 0. The average molecular weight is 343 g/mol. The van der Waals surface area contributed by atoms with Gasteiger partial charge in [0.15, 0.2) is 0 Å². The smallest absolute Gasteiger partial charge is 0.130 e. The van der Waals surface area contributed by atoms with Crippen molar-refractivity contribution >= 4 is 50.5 Å². The third-order valence-electron chi connectivity index (χ3n) is 0. The topological polar surface area (TPSA) is 95.2 Å². The first-order chi connectivity index (χ1) is 5.66. The second-order valence-electron chi connectivity index (χ2n) is 0.400. The van der Waals surface area contributed by atoms with Gasteiger partial charge in [-0.1, -0.05) is 50.5 Å². The van der Waals surface area contributed by atoms with Crippen LogP contribution < -0.4 is 0 Å². The Morgan fingerprint density at radius 2 is 0.538 bits per heavy atom. The van der Waals surface area contributed by atoms with E-state index in [0.29, 0.717) is 0 Å². The Balaban J connectivity index is -0.0000000213. The van der Waals surface area contributed by atoms with Crippen molar-refractivity contribution in [1.29, 1.82) is 21.0 Å². The SMILES string of the molecule is N#CS.N#CS.N#CS.N#CS.[Pd]. The molecule has 9 heteroatoms. The Hall–Kier alpha value is 0.0223. The molecule has 13 heavy (non-hydrogen) atoms. The van der Waals surface area contributed by atoms with E-state index in [4.69, 9.17) is 21.0 Å². The van der Waals surface area contributed by atoms with Gasteiger partial charge in [0.25, 0.3) is 0 Å². The molecular formula is C4H4N4PdS4. The zero-order valence-electron chi connectivity index (χ0n) is 5.89. The largest absolute Gasteiger partial charge is 0.185 e. The average Bonchev–Trinajstić information content (AvgIpc) is 1.92. The molecule has 0 saturated carbocycles. The van der Waals surface area contributed by atoms with Crippen molar-refractivity contribution in [2.75, 3.05) is 0 Å². The maximum Gasteiger partial charge on any atom is 0.130 e. The van der Waals surface area contributed by atoms with Crippen LogP contribution in [0.4, 0.5) is 0 Å². The molecule has 0 rings (SSSR count). The van der Waals surface area contributed by atoms with E-state index >= 15 is 0 Å². The first-order valence-corrected chi connectivity index (χ1v) is 3.58. The summed E-state index contributed by atoms with van der Waals surface area (Å²) in [6.07, 6.45) is 0. The molecule has 0 N–H and O–H groups in total. The predicted octanol–water partition coefficient (Wildman–Crippen LogP) is 1.59. The molecule has 4 nitrogen and oxygen atoms in total. The summed E-state index contributed by atoms with van der Waals surface area (Å²) in [5.41, 5.74) is 0. The van der Waals surface area contributed by atoms with Crippen LogP contribution in [-0.2, 0) is 20.4 Å². The second-order valence-corrected chi connectivity index (χ2v) is 1.20. The molecule has 0 aromatic rings. The Morgan fingerprint density at radius 1 is 0.538 bits per heavy atom. The molecule has 0 aromatic carbocycles. The van der Waals surface area contributed by atoms with Crippen LogP contribution in [0.1, 0.15) is 0 Å². The van der Waals surface area contributed by atoms with Gasteiger partial charge in [-0.2, -0.15) is 21.0 Å². The molecule has 0 aromatic heterocycles. The van der Waals surface area contributed by atoms with Crippen LogP contribution in [0, 0.1) is 42.7 Å². The van der Waals surface area contributed by atoms with Gasteiger partial charge >= 0.3 is 0 Å². The number of hydrogen-bond acceptors (Lipinski definition) is 8. The number of thiol groups is 4. The van der Waals surface area contributed by atoms with Gasteiger partial charge in [0.1, 0.15) is 21.6 Å². The quantitative estimate of drug-likeness (QED) is 0.305. The van der Waals surface area contributed by atoms with Crippen molar-refractivity contribution in [2.24, 2.45) is 0 Å². The normalized spacial score (nSPS) is 2.46. The van der Waals surface area contributed by atoms with Crippen molar-refractivity contribution in [2.45, 2.75) is 0 Å². The molecule has 0 aliphatic heterocycles. The molecule has 0 heterocycles. The monoisotopic (exact) mass is 342 g/mol. The number of nitrogens with zero attached hydrogens (tertiary/aromatic N) is 4. The van der Waals surface area contributed by atoms with Crippen LogP contribution in [0.2, 0.25) is 0 Å². The summed E-state index contributed by atoms with van der Waals surface area (Å²) < 4.78 is 0. The van der Waals surface area contributed by atoms with E-state index in [1.165, 1.54) is 21.6 Å². The van der Waals surface area contributed by atoms with Gasteiger partial charge < -0.3 is 0 Å². The summed E-state index contributed by atoms with van der Waals surface area (Å²) in [6, 6.07) is 0. The van der Waals surface area contributed by atoms with Gasteiger partial charge in [-0.25, -0.2) is 0 Å². The fraction of sp³-hybridized carbons (Fsp3) is 0. The zero-order valence-corrected chi connectivity index (χ0v) is 11.0. The molecule has 0 unspecified atom stereocenters. The predicted molar refractivity (Wildman–Crippen MR) is 58.4 cm³/mol. The van der Waals surface area contributed by atoms with Gasteiger partial charge in [-0.05, 0) is 0 Å². The molecule has 0 bridgehead atoms. The van der Waals surface area contributed by atoms with Crippen LogP contribution in [0.3, 0.4) is 0 Å². The number of rotatable bonds is 0. The molecule has 0 amide bonds. The minimum absolute atomic E-state index is 0. The maximum atomic E-state index is 7.18. The molecule has 0 radical (unpaired) electrons. The summed E-state index contributed by atoms with van der Waals surface area (Å²) in [5.74, 6) is 0. The van der Waals surface area contributed by atoms with Gasteiger partial charge in [-0.3, -0.25) is 0 Å². The summed E-state index contributed by atoms with van der Waals surface area (Å²) in [5, 5.41) is 34.5. The molecule has 0 aliphatic rings. The first-order valence-electron chi connectivity index (χ1n) is 1.79. The number of hydrogen-bond donors (Lipinski definition) is 4. The van der Waals surface area contributed by atoms with E-state index in [9.17, 15) is 0 Å². The van der Waals surface area contributed by atoms with Gasteiger partial charge in [0.05, 0.1) is 0 Å². The number of thiocyanates is 4. The van der Waals surface area contributed by atoms with Crippen molar-refractivity contribution in [3.63, 3.8) is 0 Å². The van der Waals surface area contributed by atoms with Crippen molar-refractivity contribution in [1.82, 2.24) is 0 Å². The fourth-order valence-electron chi connectivity index (χ4n) is 0. The number of nitriles is 4. The molecular weight excluding hydrogens is 339 g/mol. The van der Waals surface area contributed by atoms with Crippen LogP contribution >= 0.6 is 50.5 Å². The Kier molecular flexibility index (Phi) is 203. The van der Waals surface area contributed by atoms with E-state index in [1.54, 1.807) is 0 Å². The Morgan fingerprint density at radius 3 is 0.538 bits per heavy atom. The first kappa shape index (κ1) is 29.2. The van der Waals surface area contributed by atoms with E-state index in [-0.39, 0.29) is 20.4 Å². The molecule has 0 spiro atoms. The van der Waals surface area contributed by atoms with Crippen molar-refractivity contribution in [3.8, 4) is 21.6 Å². The van der Waals surface area contributed by atoms with Crippen LogP contribution in [0.5, 0.6) is 0 Å². The van der Waals surface area contributed by atoms with E-state index in [2.05, 4.69) is 50.5 Å². The van der Waals surface area contributed by atoms with Gasteiger partial charge in [0.2, 0.25) is 0 Å². The third kappa shape index (κ3) is 2420000. The molecule has 74 valence electrons. The van der Waals surface area contributed by atoms with E-state index in [0.717, 1.165) is 0 Å². The van der Waals surface area contributed by atoms with Crippen LogP contribution in [0.15, 0.2) is 0 Å². The van der Waals surface area contributed by atoms with Crippen LogP contribution in [-0.4, -0.2) is 0 Å².